The van der Waals surface area contributed by atoms with Gasteiger partial charge in [-0.05, 0) is 125 Å². The molecule has 0 saturated heterocycles. The SMILES string of the molecule is [2H]c1c([2H])c([2H])c(-c2cc(C(C)(C)C)cc(-c3c([2H])c(C([2H])([2H])[2H])c([2H])c(C([2H])([2H])[2H])c3[2H])c2N2[CH-]N(c3[c-]c(Oc4[c-]c5c(cc4)c4c(CCC)c(CCCCCCCC)ccc4n5-c4cc(C(C)(C)C)ccn4)ccc3)c3ccccc32)c([2H])c1[2H].[Pt]. The molecule has 6 heteroatoms. The van der Waals surface area contributed by atoms with Gasteiger partial charge in [-0.2, -0.15) is 12.1 Å². The second kappa shape index (κ2) is 22.4. The van der Waals surface area contributed by atoms with E-state index in [1.165, 1.54) is 48.6 Å². The molecule has 75 heavy (non-hydrogen) atoms. The number of ether oxygens (including phenoxy) is 1. The fourth-order valence-corrected chi connectivity index (χ4v) is 10.2. The van der Waals surface area contributed by atoms with Gasteiger partial charge in [0.1, 0.15) is 5.82 Å². The number of pyridine rings is 1. The zero-order valence-corrected chi connectivity index (χ0v) is 46.5. The van der Waals surface area contributed by atoms with Gasteiger partial charge in [-0.1, -0.05) is 177 Å². The van der Waals surface area contributed by atoms with Gasteiger partial charge in [0.25, 0.3) is 0 Å². The number of hydrogen-bond donors (Lipinski definition) is 0. The summed E-state index contributed by atoms with van der Waals surface area (Å²) >= 11 is 0. The summed E-state index contributed by atoms with van der Waals surface area (Å²) in [5.41, 5.74) is 4.36. The van der Waals surface area contributed by atoms with Crippen LogP contribution in [0.4, 0.5) is 22.7 Å². The molecule has 0 aliphatic carbocycles. The van der Waals surface area contributed by atoms with Crippen molar-refractivity contribution >= 4 is 44.6 Å². The van der Waals surface area contributed by atoms with Crippen molar-refractivity contribution in [2.45, 2.75) is 138 Å². The summed E-state index contributed by atoms with van der Waals surface area (Å²) in [4.78, 5) is 8.46. The average molecular weight is 1180 g/mol. The van der Waals surface area contributed by atoms with Crippen molar-refractivity contribution in [1.82, 2.24) is 9.55 Å². The van der Waals surface area contributed by atoms with Crippen molar-refractivity contribution in [3.8, 4) is 39.6 Å². The quantitative estimate of drug-likeness (QED) is 0.0713. The Hall–Kier alpha value is -6.42. The normalized spacial score (nSPS) is 15.7. The van der Waals surface area contributed by atoms with E-state index in [1.807, 2.05) is 62.2 Å². The predicted octanol–water partition coefficient (Wildman–Crippen LogP) is 19.4. The molecule has 0 unspecified atom stereocenters. The fourth-order valence-electron chi connectivity index (χ4n) is 10.2. The largest absolute Gasteiger partial charge is 0.509 e. The van der Waals surface area contributed by atoms with E-state index >= 15 is 0 Å². The van der Waals surface area contributed by atoms with Gasteiger partial charge in [-0.3, -0.25) is 0 Å². The summed E-state index contributed by atoms with van der Waals surface area (Å²) in [6, 6.07) is 30.3. The third-order valence-corrected chi connectivity index (χ3v) is 14.0. The Morgan fingerprint density at radius 2 is 1.35 bits per heavy atom. The van der Waals surface area contributed by atoms with Gasteiger partial charge in [0.15, 0.2) is 0 Å². The Morgan fingerprint density at radius 3 is 2.05 bits per heavy atom. The molecule has 3 heterocycles. The van der Waals surface area contributed by atoms with Crippen LogP contribution in [0.5, 0.6) is 11.5 Å². The number of nitrogens with zero attached hydrogens (tertiary/aromatic N) is 4. The average Bonchev–Trinajstić information content (AvgIpc) is 1.70. The number of hydrogen-bond acceptors (Lipinski definition) is 4. The monoisotopic (exact) mass is 1180 g/mol. The van der Waals surface area contributed by atoms with Gasteiger partial charge in [0.05, 0.1) is 11.0 Å². The van der Waals surface area contributed by atoms with E-state index in [-0.39, 0.29) is 48.9 Å². The molecular formula is C69H73N4OPt-3. The number of aryl methyl sites for hydroxylation is 2. The molecule has 5 nitrogen and oxygen atoms in total. The van der Waals surface area contributed by atoms with Crippen LogP contribution in [0.15, 0.2) is 146 Å². The topological polar surface area (TPSA) is 33.5 Å². The molecule has 0 saturated carbocycles. The van der Waals surface area contributed by atoms with Gasteiger partial charge < -0.3 is 19.1 Å². The van der Waals surface area contributed by atoms with Crippen LogP contribution in [0.2, 0.25) is 0 Å². The Morgan fingerprint density at radius 1 is 0.653 bits per heavy atom. The molecular weight excluding hydrogens is 1100 g/mol. The van der Waals surface area contributed by atoms with Crippen molar-refractivity contribution in [2.24, 2.45) is 0 Å². The van der Waals surface area contributed by atoms with Crippen LogP contribution in [0.3, 0.4) is 0 Å². The first kappa shape index (κ1) is 38.2. The molecule has 7 aromatic carbocycles. The zero-order valence-electron chi connectivity index (χ0n) is 58.2. The summed E-state index contributed by atoms with van der Waals surface area (Å²) in [5.74, 6) is 1.52. The number of aromatic nitrogens is 2. The summed E-state index contributed by atoms with van der Waals surface area (Å²) in [6.45, 7) is 11.9. The molecule has 2 aromatic heterocycles. The summed E-state index contributed by atoms with van der Waals surface area (Å²) < 4.78 is 133. The van der Waals surface area contributed by atoms with Crippen LogP contribution in [0, 0.1) is 32.5 Å². The van der Waals surface area contributed by atoms with Gasteiger partial charge >= 0.3 is 0 Å². The molecule has 0 N–H and O–H groups in total. The molecule has 0 fully saturated rings. The van der Waals surface area contributed by atoms with Gasteiger partial charge in [-0.15, -0.1) is 48.1 Å². The maximum absolute atomic E-state index is 9.64. The van der Waals surface area contributed by atoms with E-state index in [0.29, 0.717) is 34.1 Å². The molecule has 9 aromatic rings. The van der Waals surface area contributed by atoms with E-state index < -0.39 is 84.1 Å². The number of para-hydroxylation sites is 2. The van der Waals surface area contributed by atoms with Crippen LogP contribution in [0.25, 0.3) is 49.9 Å². The fraction of sp³-hybridized carbons (Fsp3) is 0.304. The van der Waals surface area contributed by atoms with E-state index in [1.54, 1.807) is 41.9 Å². The Bertz CT molecular complexity index is 4110. The van der Waals surface area contributed by atoms with E-state index in [2.05, 4.69) is 81.7 Å². The standard InChI is InChI=1S/C69H73N4O.Pt/c1-11-13-14-15-16-18-27-50-32-35-63-66(57(50)24-12-2)58-34-33-56(45-64(58)73(63)65-43-52(36-37-70-65)68(5,6)7)74-55-29-23-28-54(44-55)71-46-72(62-31-22-21-30-61(62)71)67-59(49-25-19-17-20-26-49)41-53(69(8,9)10)42-60(67)51-39-47(3)38-48(4)40-51;/h17,19-23,25-26,28-43,46H,11-16,18,24,27H2,1-10H3;/q-3;/i3D3,4D3,17D,19D,20D,25D,26D,38D,39D,40D;. The molecule has 1 aliphatic heterocycles. The molecule has 0 amide bonds. The minimum Gasteiger partial charge on any atom is -0.509 e. The first-order chi connectivity index (χ1) is 41.5. The summed E-state index contributed by atoms with van der Waals surface area (Å²) in [5, 5.41) is 2.22. The van der Waals surface area contributed by atoms with E-state index in [9.17, 15) is 5.48 Å². The maximum Gasteiger partial charge on any atom is 0.135 e. The molecule has 1 aliphatic rings. The zero-order chi connectivity index (χ0) is 63.7. The minimum absolute atomic E-state index is 0. The number of fused-ring (bicyclic) bond motifs is 4. The molecule has 388 valence electrons. The number of rotatable bonds is 16. The second-order valence-corrected chi connectivity index (χ2v) is 21.5. The Kier molecular flexibility index (Phi) is 11.4. The molecule has 0 bridgehead atoms. The van der Waals surface area contributed by atoms with E-state index in [4.69, 9.17) is 23.4 Å². The molecule has 10 rings (SSSR count). The third kappa shape index (κ3) is 11.1. The smallest absolute Gasteiger partial charge is 0.135 e. The minimum atomic E-state index is -3.19. The molecule has 0 spiro atoms. The number of benzene rings is 7. The molecule has 0 atom stereocenters. The van der Waals surface area contributed by atoms with Crippen molar-refractivity contribution in [3.05, 3.63) is 198 Å². The predicted molar refractivity (Wildman–Crippen MR) is 313 cm³/mol. The third-order valence-electron chi connectivity index (χ3n) is 14.0. The maximum atomic E-state index is 9.64. The first-order valence-corrected chi connectivity index (χ1v) is 26.1. The first-order valence-electron chi connectivity index (χ1n) is 33.1. The van der Waals surface area contributed by atoms with Crippen LogP contribution >= 0.6 is 0 Å². The van der Waals surface area contributed by atoms with Gasteiger partial charge in [0, 0.05) is 80.7 Å². The van der Waals surface area contributed by atoms with Crippen LogP contribution < -0.4 is 14.5 Å². The number of anilines is 4. The Labute approximate surface area is 481 Å². The Balaban J connectivity index is 0.00000941. The summed E-state index contributed by atoms with van der Waals surface area (Å²) in [6.07, 6.45) is 12.0. The van der Waals surface area contributed by atoms with Crippen LogP contribution in [-0.2, 0) is 44.7 Å². The van der Waals surface area contributed by atoms with Crippen molar-refractivity contribution < 1.29 is 45.0 Å². The number of unbranched alkanes of at least 4 members (excludes halogenated alkanes) is 5. The van der Waals surface area contributed by atoms with Crippen molar-refractivity contribution in [3.63, 3.8) is 0 Å². The molecule has 0 radical (unpaired) electrons. The summed E-state index contributed by atoms with van der Waals surface area (Å²) in [7, 11) is 0. The van der Waals surface area contributed by atoms with Crippen molar-refractivity contribution in [1.29, 1.82) is 0 Å². The second-order valence-electron chi connectivity index (χ2n) is 21.5. The van der Waals surface area contributed by atoms with Crippen LogP contribution in [-0.4, -0.2) is 9.55 Å². The van der Waals surface area contributed by atoms with E-state index in [0.717, 1.165) is 53.5 Å². The van der Waals surface area contributed by atoms with Gasteiger partial charge in [0.2, 0.25) is 0 Å². The van der Waals surface area contributed by atoms with Crippen LogP contribution in [0.1, 0.15) is 153 Å². The van der Waals surface area contributed by atoms with Gasteiger partial charge in [-0.25, -0.2) is 4.98 Å². The van der Waals surface area contributed by atoms with Crippen molar-refractivity contribution in [2.75, 3.05) is 9.80 Å².